The van der Waals surface area contributed by atoms with Gasteiger partial charge in [-0.25, -0.2) is 0 Å². The highest BCUT2D eigenvalue weighted by Gasteiger charge is 2.28. The maximum atomic E-state index is 12.8. The zero-order valence-electron chi connectivity index (χ0n) is 18.2. The van der Waals surface area contributed by atoms with Gasteiger partial charge in [-0.2, -0.15) is 0 Å². The lowest BCUT2D eigenvalue weighted by Gasteiger charge is -2.16. The van der Waals surface area contributed by atoms with E-state index in [4.69, 9.17) is 0 Å². The molecule has 152 valence electrons. The second-order valence-corrected chi connectivity index (χ2v) is 7.26. The minimum atomic E-state index is 0.187. The summed E-state index contributed by atoms with van der Waals surface area (Å²) in [6, 6.07) is 12.3. The Bertz CT molecular complexity index is 782. The predicted octanol–water partition coefficient (Wildman–Crippen LogP) is 6.81. The van der Waals surface area contributed by atoms with Gasteiger partial charge in [0, 0.05) is 11.3 Å². The maximum absolute atomic E-state index is 12.8. The third-order valence-corrected chi connectivity index (χ3v) is 4.55. The van der Waals surface area contributed by atoms with Gasteiger partial charge >= 0.3 is 0 Å². The molecule has 0 spiro atoms. The summed E-state index contributed by atoms with van der Waals surface area (Å²) in [5, 5.41) is 0. The van der Waals surface area contributed by atoms with E-state index in [1.165, 1.54) is 17.5 Å². The van der Waals surface area contributed by atoms with Gasteiger partial charge in [0.15, 0.2) is 0 Å². The van der Waals surface area contributed by atoms with Crippen LogP contribution in [0.5, 0.6) is 0 Å². The van der Waals surface area contributed by atoms with Gasteiger partial charge in [0.2, 0.25) is 0 Å². The van der Waals surface area contributed by atoms with Crippen LogP contribution in [-0.4, -0.2) is 4.57 Å². The first-order valence-corrected chi connectivity index (χ1v) is 10.5. The second-order valence-electron chi connectivity index (χ2n) is 7.26. The lowest BCUT2D eigenvalue weighted by molar-refractivity contribution is 0.707. The molecular formula is C26H37NO. The Morgan fingerprint density at radius 2 is 1.64 bits per heavy atom. The van der Waals surface area contributed by atoms with E-state index in [0.717, 1.165) is 36.9 Å². The first-order chi connectivity index (χ1) is 13.5. The van der Waals surface area contributed by atoms with Crippen molar-refractivity contribution in [1.82, 2.24) is 4.57 Å². The van der Waals surface area contributed by atoms with E-state index in [2.05, 4.69) is 52.1 Å². The number of allylic oxidation sites excluding steroid dienone is 2. The van der Waals surface area contributed by atoms with Crippen LogP contribution in [0.3, 0.4) is 0 Å². The van der Waals surface area contributed by atoms with Gasteiger partial charge in [0.25, 0.3) is 5.56 Å². The topological polar surface area (TPSA) is 22.0 Å². The summed E-state index contributed by atoms with van der Waals surface area (Å²) in [5.74, 6) is 0.476. The average Bonchev–Trinajstić information content (AvgIpc) is 3.54. The molecule has 2 heteroatoms. The fraction of sp³-hybridized carbons (Fsp3) is 0.423. The van der Waals surface area contributed by atoms with E-state index in [1.54, 1.807) is 0 Å². The van der Waals surface area contributed by atoms with E-state index in [1.807, 2.05) is 41.8 Å². The standard InChI is InChI=1S/C19H21NO.C4H8.C3H8/c1-3-7-17-12-18(16-10-11-16)19(21)20(14(17)2)13-15-8-5-4-6-9-15;1-3-4-2;1-3-2/h3-6,8-9,12,16H,1,7,10-11,13H2,2H3;3H,1,4H2,2H3;3H2,1-2H3. The summed E-state index contributed by atoms with van der Waals surface area (Å²) in [6.45, 7) is 16.3. The molecule has 1 aromatic carbocycles. The van der Waals surface area contributed by atoms with Crippen LogP contribution >= 0.6 is 0 Å². The summed E-state index contributed by atoms with van der Waals surface area (Å²) in [4.78, 5) is 12.8. The molecule has 1 aliphatic carbocycles. The van der Waals surface area contributed by atoms with E-state index >= 15 is 0 Å². The number of nitrogens with zero attached hydrogens (tertiary/aromatic N) is 1. The summed E-state index contributed by atoms with van der Waals surface area (Å²) >= 11 is 0. The molecule has 2 aromatic rings. The molecule has 0 saturated heterocycles. The maximum Gasteiger partial charge on any atom is 0.254 e. The molecule has 1 saturated carbocycles. The van der Waals surface area contributed by atoms with Gasteiger partial charge in [0.05, 0.1) is 6.54 Å². The monoisotopic (exact) mass is 379 g/mol. The molecule has 0 bridgehead atoms. The van der Waals surface area contributed by atoms with Crippen LogP contribution in [0.15, 0.2) is 66.5 Å². The van der Waals surface area contributed by atoms with Crippen molar-refractivity contribution in [2.24, 2.45) is 0 Å². The quantitative estimate of drug-likeness (QED) is 0.505. The van der Waals surface area contributed by atoms with Gasteiger partial charge < -0.3 is 4.57 Å². The molecule has 1 heterocycles. The van der Waals surface area contributed by atoms with Crippen molar-refractivity contribution in [3.05, 3.63) is 94.4 Å². The van der Waals surface area contributed by atoms with Crippen LogP contribution < -0.4 is 5.56 Å². The normalized spacial score (nSPS) is 12.1. The zero-order chi connectivity index (χ0) is 20.9. The van der Waals surface area contributed by atoms with Gasteiger partial charge in [-0.15, -0.1) is 13.2 Å². The fourth-order valence-electron chi connectivity index (χ4n) is 2.84. The van der Waals surface area contributed by atoms with Crippen molar-refractivity contribution in [3.63, 3.8) is 0 Å². The zero-order valence-corrected chi connectivity index (χ0v) is 18.2. The summed E-state index contributed by atoms with van der Waals surface area (Å²) in [5.41, 5.74) is 4.64. The Labute approximate surface area is 171 Å². The molecule has 1 aliphatic rings. The lowest BCUT2D eigenvalue weighted by Crippen LogP contribution is -2.27. The predicted molar refractivity (Wildman–Crippen MR) is 123 cm³/mol. The average molecular weight is 380 g/mol. The van der Waals surface area contributed by atoms with E-state index in [0.29, 0.717) is 12.5 Å². The number of hydrogen-bond donors (Lipinski definition) is 0. The van der Waals surface area contributed by atoms with Crippen molar-refractivity contribution >= 4 is 0 Å². The van der Waals surface area contributed by atoms with Gasteiger partial charge in [-0.3, -0.25) is 4.79 Å². The number of rotatable bonds is 6. The Morgan fingerprint density at radius 1 is 1.07 bits per heavy atom. The molecule has 0 unspecified atom stereocenters. The minimum absolute atomic E-state index is 0.187. The summed E-state index contributed by atoms with van der Waals surface area (Å²) in [7, 11) is 0. The van der Waals surface area contributed by atoms with Crippen molar-refractivity contribution in [3.8, 4) is 0 Å². The molecule has 0 N–H and O–H groups in total. The number of aromatic nitrogens is 1. The number of hydrogen-bond acceptors (Lipinski definition) is 1. The SMILES string of the molecule is C=CCC.C=CCc1cc(C2CC2)c(=O)n(Cc2ccccc2)c1C.CCC. The third-order valence-electron chi connectivity index (χ3n) is 4.55. The van der Waals surface area contributed by atoms with Crippen molar-refractivity contribution in [1.29, 1.82) is 0 Å². The Hall–Kier alpha value is -2.35. The fourth-order valence-corrected chi connectivity index (χ4v) is 2.84. The van der Waals surface area contributed by atoms with Crippen LogP contribution in [0.25, 0.3) is 0 Å². The third kappa shape index (κ3) is 7.34. The molecular weight excluding hydrogens is 342 g/mol. The molecule has 28 heavy (non-hydrogen) atoms. The molecule has 0 radical (unpaired) electrons. The van der Waals surface area contributed by atoms with E-state index in [9.17, 15) is 4.79 Å². The highest BCUT2D eigenvalue weighted by Crippen LogP contribution is 2.38. The van der Waals surface area contributed by atoms with Crippen LogP contribution in [0.2, 0.25) is 0 Å². The number of benzene rings is 1. The smallest absolute Gasteiger partial charge is 0.254 e. The molecule has 0 amide bonds. The summed E-state index contributed by atoms with van der Waals surface area (Å²) in [6.07, 6.45) is 9.24. The van der Waals surface area contributed by atoms with Crippen LogP contribution in [0.4, 0.5) is 0 Å². The minimum Gasteiger partial charge on any atom is -0.308 e. The molecule has 0 atom stereocenters. The van der Waals surface area contributed by atoms with Crippen LogP contribution in [0.1, 0.15) is 74.8 Å². The second kappa shape index (κ2) is 12.9. The molecule has 3 rings (SSSR count). The Morgan fingerprint density at radius 3 is 2.11 bits per heavy atom. The van der Waals surface area contributed by atoms with Crippen molar-refractivity contribution in [2.75, 3.05) is 0 Å². The largest absolute Gasteiger partial charge is 0.308 e. The summed E-state index contributed by atoms with van der Waals surface area (Å²) < 4.78 is 1.93. The molecule has 1 fully saturated rings. The molecule has 0 aliphatic heterocycles. The van der Waals surface area contributed by atoms with Gasteiger partial charge in [0.1, 0.15) is 0 Å². The van der Waals surface area contributed by atoms with Crippen LogP contribution in [0, 0.1) is 6.92 Å². The van der Waals surface area contributed by atoms with Gasteiger partial charge in [-0.1, -0.05) is 69.7 Å². The van der Waals surface area contributed by atoms with Crippen LogP contribution in [-0.2, 0) is 13.0 Å². The van der Waals surface area contributed by atoms with Crippen molar-refractivity contribution < 1.29 is 0 Å². The lowest BCUT2D eigenvalue weighted by atomic mass is 10.0. The van der Waals surface area contributed by atoms with E-state index < -0.39 is 0 Å². The Balaban J connectivity index is 0.000000489. The Kier molecular flexibility index (Phi) is 10.9. The van der Waals surface area contributed by atoms with Gasteiger partial charge in [-0.05, 0) is 55.7 Å². The first kappa shape index (κ1) is 23.7. The number of pyridine rings is 1. The highest BCUT2D eigenvalue weighted by molar-refractivity contribution is 5.32. The molecule has 2 nitrogen and oxygen atoms in total. The van der Waals surface area contributed by atoms with E-state index in [-0.39, 0.29) is 5.56 Å². The first-order valence-electron chi connectivity index (χ1n) is 10.5. The highest BCUT2D eigenvalue weighted by atomic mass is 16.1. The molecule has 1 aromatic heterocycles. The van der Waals surface area contributed by atoms with Crippen molar-refractivity contribution in [2.45, 2.75) is 72.3 Å².